The maximum Gasteiger partial charge on any atom is 0.410 e. The summed E-state index contributed by atoms with van der Waals surface area (Å²) >= 11 is 0. The highest BCUT2D eigenvalue weighted by Gasteiger charge is 2.65. The number of unbranched alkanes of at least 4 members (excludes halogenated alkanes) is 2. The minimum atomic E-state index is -1.56. The Morgan fingerprint density at radius 2 is 1.78 bits per heavy atom. The van der Waals surface area contributed by atoms with Crippen LogP contribution in [-0.2, 0) is 20.9 Å². The van der Waals surface area contributed by atoms with E-state index in [-0.39, 0.29) is 68.6 Å². The second-order valence-corrected chi connectivity index (χ2v) is 15.3. The number of hydrogen-bond acceptors (Lipinski definition) is 11. The predicted octanol–water partition coefficient (Wildman–Crippen LogP) is 9.00. The van der Waals surface area contributed by atoms with Gasteiger partial charge in [-0.2, -0.15) is 0 Å². The van der Waals surface area contributed by atoms with Gasteiger partial charge in [0.15, 0.2) is 0 Å². The molecule has 0 saturated heterocycles. The van der Waals surface area contributed by atoms with Crippen molar-refractivity contribution in [1.29, 1.82) is 0 Å². The number of aliphatic hydroxyl groups is 2. The summed E-state index contributed by atoms with van der Waals surface area (Å²) in [6.07, 6.45) is 9.61. The van der Waals surface area contributed by atoms with E-state index >= 15 is 0 Å². The highest BCUT2D eigenvalue weighted by atomic mass is 19.1. The van der Waals surface area contributed by atoms with Crippen LogP contribution in [0.2, 0.25) is 0 Å². The van der Waals surface area contributed by atoms with E-state index in [1.807, 2.05) is 6.07 Å². The third-order valence-corrected chi connectivity index (χ3v) is 11.5. The topological polar surface area (TPSA) is 162 Å². The van der Waals surface area contributed by atoms with Gasteiger partial charge in [0.05, 0.1) is 35.8 Å². The molecule has 320 valence electrons. The van der Waals surface area contributed by atoms with Crippen LogP contribution in [0.1, 0.15) is 68.4 Å². The van der Waals surface area contributed by atoms with Crippen molar-refractivity contribution >= 4 is 17.5 Å². The van der Waals surface area contributed by atoms with E-state index in [0.717, 1.165) is 30.4 Å². The van der Waals surface area contributed by atoms with Crippen molar-refractivity contribution in [3.63, 3.8) is 0 Å². The van der Waals surface area contributed by atoms with E-state index < -0.39 is 34.6 Å². The monoisotopic (exact) mass is 827 g/mol. The van der Waals surface area contributed by atoms with Gasteiger partial charge in [0.1, 0.15) is 36.2 Å². The zero-order chi connectivity index (χ0) is 42.6. The Bertz CT molecular complexity index is 2040. The highest BCUT2D eigenvalue weighted by Crippen LogP contribution is 2.62. The number of ether oxygens (including phenoxy) is 4. The fraction of sp³-hybridized carbons (Fsp3) is 0.435. The van der Waals surface area contributed by atoms with Gasteiger partial charge < -0.3 is 34.0 Å². The number of rotatable bonds is 21. The average molecular weight is 828 g/mol. The van der Waals surface area contributed by atoms with Crippen LogP contribution < -0.4 is 9.47 Å². The zero-order valence-electron chi connectivity index (χ0n) is 34.0. The quantitative estimate of drug-likeness (QED) is 0.0459. The van der Waals surface area contributed by atoms with Gasteiger partial charge in [-0.05, 0) is 91.5 Å². The number of non-ortho nitro benzene ring substituents is 1. The van der Waals surface area contributed by atoms with Gasteiger partial charge in [0.2, 0.25) is 5.79 Å². The fourth-order valence-electron chi connectivity index (χ4n) is 9.02. The van der Waals surface area contributed by atoms with Crippen LogP contribution in [0.15, 0.2) is 109 Å². The Labute approximate surface area is 349 Å². The van der Waals surface area contributed by atoms with E-state index in [9.17, 15) is 29.5 Å². The highest BCUT2D eigenvalue weighted by molar-refractivity contribution is 6.03. The number of allylic oxidation sites excluding steroid dienone is 1. The third kappa shape index (κ3) is 9.72. The van der Waals surface area contributed by atoms with Crippen molar-refractivity contribution in [2.24, 2.45) is 22.9 Å². The molecule has 2 N–H and O–H groups in total. The average Bonchev–Trinajstić information content (AvgIpc) is 3.24. The Morgan fingerprint density at radius 1 is 1.03 bits per heavy atom. The normalized spacial score (nSPS) is 23.3. The van der Waals surface area contributed by atoms with Crippen LogP contribution in [0.4, 0.5) is 14.9 Å². The summed E-state index contributed by atoms with van der Waals surface area (Å²) < 4.78 is 40.5. The van der Waals surface area contributed by atoms with Crippen molar-refractivity contribution in [3.8, 4) is 17.2 Å². The number of fused-ring (bicyclic) bond motifs is 2. The number of amides is 1. The summed E-state index contributed by atoms with van der Waals surface area (Å²) in [5, 5.41) is 35.9. The first-order valence-corrected chi connectivity index (χ1v) is 20.5. The van der Waals surface area contributed by atoms with Gasteiger partial charge in [-0.1, -0.05) is 54.4 Å². The molecule has 0 spiro atoms. The summed E-state index contributed by atoms with van der Waals surface area (Å²) in [7, 11) is 1.47. The molecule has 3 aliphatic rings. The number of aliphatic hydroxyl groups excluding tert-OH is 2. The fourth-order valence-corrected chi connectivity index (χ4v) is 9.02. The summed E-state index contributed by atoms with van der Waals surface area (Å²) in [5.41, 5.74) is 2.78. The number of oxime groups is 1. The first-order valence-electron chi connectivity index (χ1n) is 20.5. The van der Waals surface area contributed by atoms with Crippen LogP contribution in [0.3, 0.4) is 0 Å². The molecule has 0 bridgehead atoms. The number of carbonyl (C=O) groups excluding carboxylic acids is 1. The van der Waals surface area contributed by atoms with E-state index in [2.05, 4.69) is 24.4 Å². The van der Waals surface area contributed by atoms with Crippen molar-refractivity contribution in [2.45, 2.75) is 75.7 Å². The molecule has 1 aliphatic heterocycles. The van der Waals surface area contributed by atoms with Crippen LogP contribution in [0, 0.1) is 33.7 Å². The Balaban J connectivity index is 1.58. The van der Waals surface area contributed by atoms with E-state index in [1.54, 1.807) is 53.5 Å². The molecule has 3 aromatic carbocycles. The first-order chi connectivity index (χ1) is 29.2. The predicted molar refractivity (Wildman–Crippen MR) is 223 cm³/mol. The first kappa shape index (κ1) is 44.0. The lowest BCUT2D eigenvalue weighted by Crippen LogP contribution is -2.70. The van der Waals surface area contributed by atoms with Crippen molar-refractivity contribution in [2.75, 3.05) is 33.5 Å². The molecule has 14 heteroatoms. The molecule has 1 amide bonds. The number of nitro benzene ring substituents is 1. The lowest BCUT2D eigenvalue weighted by molar-refractivity contribution is -0.384. The van der Waals surface area contributed by atoms with Crippen LogP contribution in [-0.4, -0.2) is 77.2 Å². The third-order valence-electron chi connectivity index (χ3n) is 11.5. The molecular formula is C46H54FN3O10. The minimum absolute atomic E-state index is 0.00584. The van der Waals surface area contributed by atoms with Crippen molar-refractivity contribution in [3.05, 3.63) is 131 Å². The van der Waals surface area contributed by atoms with E-state index in [4.69, 9.17) is 23.8 Å². The molecule has 1 fully saturated rings. The number of halogens is 1. The smallest absolute Gasteiger partial charge is 0.410 e. The second kappa shape index (κ2) is 20.6. The Morgan fingerprint density at radius 3 is 2.48 bits per heavy atom. The number of hydrogen-bond donors (Lipinski definition) is 2. The van der Waals surface area contributed by atoms with Crippen LogP contribution in [0.5, 0.6) is 17.2 Å². The molecule has 0 radical (unpaired) electrons. The molecule has 0 aromatic heterocycles. The summed E-state index contributed by atoms with van der Waals surface area (Å²) in [4.78, 5) is 32.6. The lowest BCUT2D eigenvalue weighted by atomic mass is 9.55. The SMILES string of the molecule is C=CCCOC(=O)N(Cc1ccc(F)cc1)C1CC(=NOC)C2=CC(CCCCO)C(CCCCO)C3c4cc(Oc5cccc([N+](=O)[O-])c5)ccc4OC1(OCC=C)C23. The lowest BCUT2D eigenvalue weighted by Gasteiger charge is -2.59. The number of nitro groups is 1. The van der Waals surface area contributed by atoms with Crippen LogP contribution >= 0.6 is 0 Å². The van der Waals surface area contributed by atoms with Gasteiger partial charge in [-0.15, -0.1) is 13.2 Å². The number of benzene rings is 3. The van der Waals surface area contributed by atoms with Crippen LogP contribution in [0.25, 0.3) is 0 Å². The van der Waals surface area contributed by atoms with Crippen molar-refractivity contribution in [1.82, 2.24) is 4.90 Å². The molecule has 6 atom stereocenters. The Kier molecular flexibility index (Phi) is 15.1. The molecule has 6 rings (SSSR count). The standard InChI is InChI=1S/C46H54FN3O10/c1-4-6-25-57-45(53)49(30-31-16-18-33(47)19-17-31)42-29-40(48-56-3)38-26-32(12-7-9-22-51)37(15-8-10-23-52)43-39-28-36(59-35-14-11-13-34(27-35)50(54)55)20-21-41(39)60-46(42,44(38)43)58-24-5-2/h4-5,11,13-14,16-21,26-28,32,37,42-44,51-52H,1-2,6-10,12,15,22-25,29-30H2,3H3. The summed E-state index contributed by atoms with van der Waals surface area (Å²) in [5.74, 6) is -1.78. The van der Waals surface area contributed by atoms with E-state index in [0.29, 0.717) is 48.5 Å². The molecule has 60 heavy (non-hydrogen) atoms. The molecule has 13 nitrogen and oxygen atoms in total. The molecule has 2 aliphatic carbocycles. The van der Waals surface area contributed by atoms with E-state index in [1.165, 1.54) is 31.4 Å². The van der Waals surface area contributed by atoms with Gasteiger partial charge >= 0.3 is 6.09 Å². The largest absolute Gasteiger partial charge is 0.459 e. The molecular weight excluding hydrogens is 774 g/mol. The molecule has 1 saturated carbocycles. The molecule has 6 unspecified atom stereocenters. The molecule has 3 aromatic rings. The second-order valence-electron chi connectivity index (χ2n) is 15.3. The summed E-state index contributed by atoms with van der Waals surface area (Å²) in [6, 6.07) is 16.4. The van der Waals surface area contributed by atoms with Gasteiger partial charge in [0.25, 0.3) is 5.69 Å². The zero-order valence-corrected chi connectivity index (χ0v) is 34.0. The van der Waals surface area contributed by atoms with Gasteiger partial charge in [0, 0.05) is 43.7 Å². The summed E-state index contributed by atoms with van der Waals surface area (Å²) in [6.45, 7) is 7.97. The minimum Gasteiger partial charge on any atom is -0.459 e. The van der Waals surface area contributed by atoms with Gasteiger partial charge in [-0.25, -0.2) is 9.18 Å². The van der Waals surface area contributed by atoms with Crippen molar-refractivity contribution < 1.29 is 48.1 Å². The maximum atomic E-state index is 14.4. The maximum absolute atomic E-state index is 14.4. The number of carbonyl (C=O) groups is 1. The molecule has 1 heterocycles. The number of nitrogens with zero attached hydrogens (tertiary/aromatic N) is 3. The Hall–Kier alpha value is -5.57. The van der Waals surface area contributed by atoms with Gasteiger partial charge in [-0.3, -0.25) is 15.0 Å².